The van der Waals surface area contributed by atoms with E-state index in [1.807, 2.05) is 30.3 Å². The summed E-state index contributed by atoms with van der Waals surface area (Å²) >= 11 is 0. The SMILES string of the molecule is O=C(O)C1CN(C(=O)CC2CCCC2)CC1c1ccccc1. The Morgan fingerprint density at radius 1 is 1.09 bits per heavy atom. The van der Waals surface area contributed by atoms with Crippen molar-refractivity contribution in [2.75, 3.05) is 13.1 Å². The molecule has 1 heterocycles. The zero-order valence-corrected chi connectivity index (χ0v) is 12.8. The number of rotatable bonds is 4. The molecule has 1 saturated heterocycles. The fourth-order valence-electron chi connectivity index (χ4n) is 3.89. The molecule has 2 atom stereocenters. The van der Waals surface area contributed by atoms with E-state index >= 15 is 0 Å². The predicted molar refractivity (Wildman–Crippen MR) is 83.5 cm³/mol. The molecule has 2 unspecified atom stereocenters. The van der Waals surface area contributed by atoms with Gasteiger partial charge in [-0.1, -0.05) is 43.2 Å². The number of hydrogen-bond acceptors (Lipinski definition) is 2. The molecular formula is C18H23NO3. The molecule has 1 aliphatic carbocycles. The third-order valence-electron chi connectivity index (χ3n) is 5.16. The van der Waals surface area contributed by atoms with E-state index in [0.29, 0.717) is 25.4 Å². The molecule has 2 fully saturated rings. The summed E-state index contributed by atoms with van der Waals surface area (Å²) in [4.78, 5) is 25.8. The molecule has 1 N–H and O–H groups in total. The molecule has 118 valence electrons. The van der Waals surface area contributed by atoms with Crippen molar-refractivity contribution in [1.29, 1.82) is 0 Å². The highest BCUT2D eigenvalue weighted by molar-refractivity contribution is 5.79. The molecule has 2 aliphatic rings. The molecule has 0 spiro atoms. The molecule has 1 aromatic carbocycles. The van der Waals surface area contributed by atoms with Crippen molar-refractivity contribution in [3.05, 3.63) is 35.9 Å². The number of aliphatic carboxylic acids is 1. The van der Waals surface area contributed by atoms with E-state index in [2.05, 4.69) is 0 Å². The largest absolute Gasteiger partial charge is 0.481 e. The van der Waals surface area contributed by atoms with Crippen molar-refractivity contribution in [2.45, 2.75) is 38.0 Å². The smallest absolute Gasteiger partial charge is 0.308 e. The fourth-order valence-corrected chi connectivity index (χ4v) is 3.89. The van der Waals surface area contributed by atoms with E-state index in [-0.39, 0.29) is 11.8 Å². The molecule has 1 aliphatic heterocycles. The van der Waals surface area contributed by atoms with Crippen LogP contribution in [0, 0.1) is 11.8 Å². The number of hydrogen-bond donors (Lipinski definition) is 1. The van der Waals surface area contributed by atoms with Gasteiger partial charge in [-0.25, -0.2) is 0 Å². The molecule has 3 rings (SSSR count). The third-order valence-corrected chi connectivity index (χ3v) is 5.16. The minimum atomic E-state index is -0.801. The number of carbonyl (C=O) groups is 2. The van der Waals surface area contributed by atoms with E-state index < -0.39 is 11.9 Å². The van der Waals surface area contributed by atoms with Crippen molar-refractivity contribution in [3.8, 4) is 0 Å². The lowest BCUT2D eigenvalue weighted by Gasteiger charge is -2.18. The first-order valence-corrected chi connectivity index (χ1v) is 8.20. The third kappa shape index (κ3) is 3.16. The normalized spacial score (nSPS) is 25.5. The van der Waals surface area contributed by atoms with Crippen LogP contribution in [0.15, 0.2) is 30.3 Å². The molecule has 4 nitrogen and oxygen atoms in total. The molecule has 0 radical (unpaired) electrons. The van der Waals surface area contributed by atoms with Crippen LogP contribution in [-0.4, -0.2) is 35.0 Å². The second kappa shape index (κ2) is 6.51. The minimum Gasteiger partial charge on any atom is -0.481 e. The average molecular weight is 301 g/mol. The van der Waals surface area contributed by atoms with Crippen LogP contribution in [-0.2, 0) is 9.59 Å². The molecule has 1 saturated carbocycles. The van der Waals surface area contributed by atoms with Gasteiger partial charge in [-0.05, 0) is 24.3 Å². The molecule has 0 bridgehead atoms. The van der Waals surface area contributed by atoms with Crippen LogP contribution in [0.5, 0.6) is 0 Å². The van der Waals surface area contributed by atoms with Crippen LogP contribution in [0.2, 0.25) is 0 Å². The predicted octanol–water partition coefficient (Wildman–Crippen LogP) is 2.89. The van der Waals surface area contributed by atoms with Crippen LogP contribution in [0.1, 0.15) is 43.6 Å². The Kier molecular flexibility index (Phi) is 4.46. The molecule has 0 aromatic heterocycles. The van der Waals surface area contributed by atoms with Gasteiger partial charge < -0.3 is 10.0 Å². The zero-order valence-electron chi connectivity index (χ0n) is 12.8. The first-order chi connectivity index (χ1) is 10.6. The molecule has 1 aromatic rings. The van der Waals surface area contributed by atoms with Gasteiger partial charge in [0.2, 0.25) is 5.91 Å². The Labute approximate surface area is 131 Å². The number of nitrogens with zero attached hydrogens (tertiary/aromatic N) is 1. The summed E-state index contributed by atoms with van der Waals surface area (Å²) in [5.74, 6) is -0.741. The Morgan fingerprint density at radius 2 is 1.77 bits per heavy atom. The molecule has 4 heteroatoms. The topological polar surface area (TPSA) is 57.6 Å². The highest BCUT2D eigenvalue weighted by atomic mass is 16.4. The fraction of sp³-hybridized carbons (Fsp3) is 0.556. The van der Waals surface area contributed by atoms with Gasteiger partial charge in [0, 0.05) is 25.4 Å². The highest BCUT2D eigenvalue weighted by Crippen LogP contribution is 2.34. The zero-order chi connectivity index (χ0) is 15.5. The molecule has 22 heavy (non-hydrogen) atoms. The number of amides is 1. The maximum atomic E-state index is 12.5. The van der Waals surface area contributed by atoms with Crippen LogP contribution in [0.3, 0.4) is 0 Å². The van der Waals surface area contributed by atoms with Crippen LogP contribution in [0.4, 0.5) is 0 Å². The maximum absolute atomic E-state index is 12.5. The van der Waals surface area contributed by atoms with Gasteiger partial charge in [-0.3, -0.25) is 9.59 Å². The van der Waals surface area contributed by atoms with E-state index in [1.165, 1.54) is 12.8 Å². The maximum Gasteiger partial charge on any atom is 0.308 e. The average Bonchev–Trinajstić information content (AvgIpc) is 3.17. The lowest BCUT2D eigenvalue weighted by molar-refractivity contribution is -0.141. The van der Waals surface area contributed by atoms with Gasteiger partial charge in [-0.15, -0.1) is 0 Å². The van der Waals surface area contributed by atoms with Crippen LogP contribution >= 0.6 is 0 Å². The quantitative estimate of drug-likeness (QED) is 0.930. The van der Waals surface area contributed by atoms with Crippen molar-refractivity contribution in [2.24, 2.45) is 11.8 Å². The Bertz CT molecular complexity index is 537. The summed E-state index contributed by atoms with van der Waals surface area (Å²) in [6, 6.07) is 9.71. The Balaban J connectivity index is 1.70. The van der Waals surface area contributed by atoms with Crippen LogP contribution < -0.4 is 0 Å². The first-order valence-electron chi connectivity index (χ1n) is 8.20. The minimum absolute atomic E-state index is 0.0915. The second-order valence-corrected chi connectivity index (χ2v) is 6.62. The van der Waals surface area contributed by atoms with Gasteiger partial charge in [0.05, 0.1) is 5.92 Å². The number of carboxylic acid groups (broad SMARTS) is 1. The van der Waals surface area contributed by atoms with Crippen molar-refractivity contribution >= 4 is 11.9 Å². The van der Waals surface area contributed by atoms with E-state index in [4.69, 9.17) is 0 Å². The summed E-state index contributed by atoms with van der Waals surface area (Å²) in [7, 11) is 0. The van der Waals surface area contributed by atoms with Gasteiger partial charge in [0.25, 0.3) is 0 Å². The van der Waals surface area contributed by atoms with Gasteiger partial charge in [-0.2, -0.15) is 0 Å². The second-order valence-electron chi connectivity index (χ2n) is 6.62. The summed E-state index contributed by atoms with van der Waals surface area (Å²) in [6.07, 6.45) is 5.33. The van der Waals surface area contributed by atoms with Crippen LogP contribution in [0.25, 0.3) is 0 Å². The first kappa shape index (κ1) is 15.1. The summed E-state index contributed by atoms with van der Waals surface area (Å²) < 4.78 is 0. The summed E-state index contributed by atoms with van der Waals surface area (Å²) in [5, 5.41) is 9.49. The number of carboxylic acids is 1. The monoisotopic (exact) mass is 301 g/mol. The van der Waals surface area contributed by atoms with E-state index in [0.717, 1.165) is 18.4 Å². The van der Waals surface area contributed by atoms with E-state index in [9.17, 15) is 14.7 Å². The summed E-state index contributed by atoms with van der Waals surface area (Å²) in [5.41, 5.74) is 1.02. The standard InChI is InChI=1S/C18H23NO3/c20-17(10-13-6-4-5-7-13)19-11-15(16(12-19)18(21)22)14-8-2-1-3-9-14/h1-3,8-9,13,15-16H,4-7,10-12H2,(H,21,22). The molecule has 1 amide bonds. The lowest BCUT2D eigenvalue weighted by Crippen LogP contribution is -2.31. The lowest BCUT2D eigenvalue weighted by atomic mass is 9.89. The van der Waals surface area contributed by atoms with Gasteiger partial charge in [0.15, 0.2) is 0 Å². The Morgan fingerprint density at radius 3 is 2.41 bits per heavy atom. The number of likely N-dealkylation sites (tertiary alicyclic amines) is 1. The Hall–Kier alpha value is -1.84. The summed E-state index contributed by atoms with van der Waals surface area (Å²) in [6.45, 7) is 0.882. The van der Waals surface area contributed by atoms with E-state index in [1.54, 1.807) is 4.90 Å². The van der Waals surface area contributed by atoms with Gasteiger partial charge >= 0.3 is 5.97 Å². The number of carbonyl (C=O) groups excluding carboxylic acids is 1. The van der Waals surface area contributed by atoms with Gasteiger partial charge in [0.1, 0.15) is 0 Å². The van der Waals surface area contributed by atoms with Crippen molar-refractivity contribution < 1.29 is 14.7 Å². The highest BCUT2D eigenvalue weighted by Gasteiger charge is 2.40. The van der Waals surface area contributed by atoms with Crippen molar-refractivity contribution in [3.63, 3.8) is 0 Å². The van der Waals surface area contributed by atoms with Crippen molar-refractivity contribution in [1.82, 2.24) is 4.90 Å². The number of benzene rings is 1. The molecular weight excluding hydrogens is 278 g/mol.